The van der Waals surface area contributed by atoms with E-state index in [0.29, 0.717) is 54.2 Å². The maximum absolute atomic E-state index is 13.0. The van der Waals surface area contributed by atoms with Gasteiger partial charge in [0.1, 0.15) is 11.0 Å². The number of ether oxygens (including phenoxy) is 1. The predicted octanol–water partition coefficient (Wildman–Crippen LogP) is 1.54. The van der Waals surface area contributed by atoms with Crippen molar-refractivity contribution in [3.8, 4) is 0 Å². The van der Waals surface area contributed by atoms with Gasteiger partial charge >= 0.3 is 0 Å². The molecule has 0 saturated carbocycles. The number of hydrogen-bond acceptors (Lipinski definition) is 6. The lowest BCUT2D eigenvalue weighted by Crippen LogP contribution is -2.40. The average molecular weight is 401 g/mol. The maximum atomic E-state index is 13.0. The Morgan fingerprint density at radius 1 is 1.11 bits per heavy atom. The van der Waals surface area contributed by atoms with Crippen LogP contribution in [0.4, 0.5) is 5.69 Å². The zero-order chi connectivity index (χ0) is 19.7. The van der Waals surface area contributed by atoms with E-state index >= 15 is 0 Å². The first kappa shape index (κ1) is 18.5. The molecular weight excluding hydrogens is 382 g/mol. The van der Waals surface area contributed by atoms with Crippen LogP contribution in [-0.4, -0.2) is 60.3 Å². The van der Waals surface area contributed by atoms with Crippen molar-refractivity contribution in [3.05, 3.63) is 47.5 Å². The van der Waals surface area contributed by atoms with Crippen LogP contribution in [-0.2, 0) is 14.8 Å². The summed E-state index contributed by atoms with van der Waals surface area (Å²) in [5.74, 6) is -0.358. The summed E-state index contributed by atoms with van der Waals surface area (Å²) in [4.78, 5) is 12.8. The second-order valence-electron chi connectivity index (χ2n) is 6.48. The topological polar surface area (TPSA) is 117 Å². The Labute approximate surface area is 161 Å². The van der Waals surface area contributed by atoms with Gasteiger partial charge in [0.15, 0.2) is 0 Å². The van der Waals surface area contributed by atoms with E-state index in [9.17, 15) is 13.2 Å². The molecule has 28 heavy (non-hydrogen) atoms. The fourth-order valence-corrected chi connectivity index (χ4v) is 4.73. The van der Waals surface area contributed by atoms with E-state index in [1.54, 1.807) is 37.3 Å². The zero-order valence-corrected chi connectivity index (χ0v) is 16.0. The van der Waals surface area contributed by atoms with Gasteiger partial charge in [0.25, 0.3) is 5.91 Å². The number of H-pyrrole nitrogens is 1. The Hall–Kier alpha value is -2.82. The molecular formula is C18H19N5O4S. The number of fused-ring (bicyclic) bond motifs is 1. The molecule has 1 aliphatic rings. The van der Waals surface area contributed by atoms with E-state index in [-0.39, 0.29) is 10.8 Å². The first-order valence-corrected chi connectivity index (χ1v) is 10.2. The molecule has 0 bridgehead atoms. The third kappa shape index (κ3) is 3.49. The lowest BCUT2D eigenvalue weighted by atomic mass is 10.1. The Morgan fingerprint density at radius 2 is 1.86 bits per heavy atom. The molecule has 2 aromatic carbocycles. The molecule has 1 aliphatic heterocycles. The Kier molecular flexibility index (Phi) is 4.84. The van der Waals surface area contributed by atoms with Crippen LogP contribution < -0.4 is 5.32 Å². The van der Waals surface area contributed by atoms with Gasteiger partial charge in [0.2, 0.25) is 10.0 Å². The van der Waals surface area contributed by atoms with Crippen molar-refractivity contribution >= 4 is 32.7 Å². The van der Waals surface area contributed by atoms with E-state index < -0.39 is 10.0 Å². The summed E-state index contributed by atoms with van der Waals surface area (Å²) in [7, 11) is -3.66. The van der Waals surface area contributed by atoms with Gasteiger partial charge in [-0.1, -0.05) is 6.07 Å². The molecule has 10 heteroatoms. The number of nitrogens with one attached hydrogen (secondary N) is 2. The Morgan fingerprint density at radius 3 is 2.64 bits per heavy atom. The van der Waals surface area contributed by atoms with E-state index in [0.717, 1.165) is 0 Å². The molecule has 0 radical (unpaired) electrons. The Bertz CT molecular complexity index is 1140. The van der Waals surface area contributed by atoms with Crippen LogP contribution in [0.3, 0.4) is 0 Å². The van der Waals surface area contributed by atoms with Gasteiger partial charge in [-0.25, -0.2) is 8.42 Å². The molecule has 0 unspecified atom stereocenters. The highest BCUT2D eigenvalue weighted by Gasteiger charge is 2.28. The number of amides is 1. The first-order valence-electron chi connectivity index (χ1n) is 8.75. The van der Waals surface area contributed by atoms with Crippen molar-refractivity contribution in [2.24, 2.45) is 0 Å². The highest BCUT2D eigenvalue weighted by atomic mass is 32.2. The van der Waals surface area contributed by atoms with Crippen LogP contribution in [0.1, 0.15) is 15.9 Å². The van der Waals surface area contributed by atoms with Crippen molar-refractivity contribution in [2.45, 2.75) is 11.8 Å². The van der Waals surface area contributed by atoms with Crippen LogP contribution in [0, 0.1) is 6.92 Å². The number of morpholine rings is 1. The summed E-state index contributed by atoms with van der Waals surface area (Å²) in [6.07, 6.45) is 0. The molecule has 1 amide bonds. The molecule has 146 valence electrons. The molecule has 3 aromatic rings. The van der Waals surface area contributed by atoms with Crippen molar-refractivity contribution in [1.29, 1.82) is 0 Å². The van der Waals surface area contributed by atoms with E-state index in [2.05, 4.69) is 20.7 Å². The molecule has 1 fully saturated rings. The minimum atomic E-state index is -3.66. The minimum Gasteiger partial charge on any atom is -0.379 e. The number of aromatic nitrogens is 3. The second-order valence-corrected chi connectivity index (χ2v) is 8.38. The van der Waals surface area contributed by atoms with Gasteiger partial charge in [0, 0.05) is 24.3 Å². The zero-order valence-electron chi connectivity index (χ0n) is 15.2. The van der Waals surface area contributed by atoms with Crippen molar-refractivity contribution < 1.29 is 17.9 Å². The van der Waals surface area contributed by atoms with Crippen molar-refractivity contribution in [3.63, 3.8) is 0 Å². The van der Waals surface area contributed by atoms with Crippen molar-refractivity contribution in [2.75, 3.05) is 31.6 Å². The Balaban J connectivity index is 1.60. The summed E-state index contributed by atoms with van der Waals surface area (Å²) in [6, 6.07) is 9.81. The number of anilines is 1. The number of rotatable bonds is 4. The molecule has 0 atom stereocenters. The number of sulfonamides is 1. The predicted molar refractivity (Wildman–Crippen MR) is 103 cm³/mol. The number of benzene rings is 2. The summed E-state index contributed by atoms with van der Waals surface area (Å²) in [5.41, 5.74) is 2.66. The molecule has 2 N–H and O–H groups in total. The highest BCUT2D eigenvalue weighted by Crippen LogP contribution is 2.25. The third-order valence-corrected chi connectivity index (χ3v) is 6.65. The third-order valence-electron chi connectivity index (χ3n) is 4.61. The van der Waals surface area contributed by atoms with Gasteiger partial charge in [-0.2, -0.15) is 19.7 Å². The summed E-state index contributed by atoms with van der Waals surface area (Å²) in [6.45, 7) is 3.11. The van der Waals surface area contributed by atoms with Crippen LogP contribution in [0.25, 0.3) is 11.0 Å². The number of nitrogens with zero attached hydrogens (tertiary/aromatic N) is 3. The number of aromatic amines is 1. The lowest BCUT2D eigenvalue weighted by Gasteiger charge is -2.26. The van der Waals surface area contributed by atoms with E-state index in [1.165, 1.54) is 10.4 Å². The summed E-state index contributed by atoms with van der Waals surface area (Å²) >= 11 is 0. The number of carbonyl (C=O) groups is 1. The molecule has 1 saturated heterocycles. The van der Waals surface area contributed by atoms with Crippen LogP contribution in [0.2, 0.25) is 0 Å². The van der Waals surface area contributed by atoms with Crippen LogP contribution >= 0.6 is 0 Å². The van der Waals surface area contributed by atoms with Gasteiger partial charge in [-0.15, -0.1) is 0 Å². The van der Waals surface area contributed by atoms with Gasteiger partial charge < -0.3 is 10.1 Å². The SMILES string of the molecule is Cc1ccc(NC(=O)c2ccc3n[nH]nc3c2)cc1S(=O)(=O)N1CCOCC1. The van der Waals surface area contributed by atoms with E-state index in [1.807, 2.05) is 0 Å². The number of hydrogen-bond donors (Lipinski definition) is 2. The summed E-state index contributed by atoms with van der Waals surface area (Å²) in [5, 5.41) is 13.2. The standard InChI is InChI=1S/C18H19N5O4S/c1-12-2-4-14(11-17(12)28(25,26)23-6-8-27-9-7-23)19-18(24)13-3-5-15-16(10-13)21-22-20-15/h2-5,10-11H,6-9H2,1H3,(H,19,24)(H,20,21,22). The van der Waals surface area contributed by atoms with Crippen molar-refractivity contribution in [1.82, 2.24) is 19.7 Å². The monoisotopic (exact) mass is 401 g/mol. The number of aryl methyl sites for hydroxylation is 1. The fourth-order valence-electron chi connectivity index (χ4n) is 3.07. The largest absolute Gasteiger partial charge is 0.379 e. The maximum Gasteiger partial charge on any atom is 0.255 e. The average Bonchev–Trinajstić information content (AvgIpc) is 3.18. The van der Waals surface area contributed by atoms with E-state index in [4.69, 9.17) is 4.74 Å². The van der Waals surface area contributed by atoms with Gasteiger partial charge in [-0.05, 0) is 42.8 Å². The molecule has 2 heterocycles. The van der Waals surface area contributed by atoms with Crippen LogP contribution in [0.15, 0.2) is 41.3 Å². The quantitative estimate of drug-likeness (QED) is 0.685. The minimum absolute atomic E-state index is 0.180. The smallest absolute Gasteiger partial charge is 0.255 e. The highest BCUT2D eigenvalue weighted by molar-refractivity contribution is 7.89. The molecule has 0 aliphatic carbocycles. The first-order chi connectivity index (χ1) is 13.4. The molecule has 0 spiro atoms. The molecule has 1 aromatic heterocycles. The normalized spacial score (nSPS) is 15.6. The van der Waals surface area contributed by atoms with Gasteiger partial charge in [0.05, 0.1) is 18.1 Å². The van der Waals surface area contributed by atoms with Crippen LogP contribution in [0.5, 0.6) is 0 Å². The second kappa shape index (κ2) is 7.30. The molecule has 9 nitrogen and oxygen atoms in total. The molecule has 4 rings (SSSR count). The summed E-state index contributed by atoms with van der Waals surface area (Å²) < 4.78 is 32.6. The fraction of sp³-hybridized carbons (Fsp3) is 0.278. The lowest BCUT2D eigenvalue weighted by molar-refractivity contribution is 0.0730. The van der Waals surface area contributed by atoms with Gasteiger partial charge in [-0.3, -0.25) is 4.79 Å². The number of carbonyl (C=O) groups excluding carboxylic acids is 1.